The molecule has 4 nitrogen and oxygen atoms in total. The molecule has 1 aromatic heterocycles. The standard InChI is InChI=1S/C13H14N2O2/c1-17-15-12-6-2-4-10-7-8-11(5-3-9-16)14-13(10)12/h7-8,16H,2,4,6,9H2,1H3. The minimum Gasteiger partial charge on any atom is -0.399 e. The Morgan fingerprint density at radius 2 is 2.35 bits per heavy atom. The van der Waals surface area contributed by atoms with Crippen molar-refractivity contribution in [3.63, 3.8) is 0 Å². The third kappa shape index (κ3) is 2.63. The first-order chi connectivity index (χ1) is 8.35. The fourth-order valence-corrected chi connectivity index (χ4v) is 1.90. The van der Waals surface area contributed by atoms with E-state index in [9.17, 15) is 0 Å². The number of fused-ring (bicyclic) bond motifs is 1. The van der Waals surface area contributed by atoms with Gasteiger partial charge in [-0.15, -0.1) is 0 Å². The van der Waals surface area contributed by atoms with Crippen LogP contribution in [0.4, 0.5) is 0 Å². The van der Waals surface area contributed by atoms with Gasteiger partial charge in [-0.05, 0) is 36.8 Å². The fourth-order valence-electron chi connectivity index (χ4n) is 1.90. The summed E-state index contributed by atoms with van der Waals surface area (Å²) in [4.78, 5) is 9.29. The lowest BCUT2D eigenvalue weighted by Crippen LogP contribution is -2.15. The minimum atomic E-state index is -0.155. The van der Waals surface area contributed by atoms with Crippen LogP contribution >= 0.6 is 0 Å². The van der Waals surface area contributed by atoms with Crippen molar-refractivity contribution in [2.45, 2.75) is 19.3 Å². The molecule has 0 bridgehead atoms. The minimum absolute atomic E-state index is 0.155. The van der Waals surface area contributed by atoms with Crippen molar-refractivity contribution in [1.82, 2.24) is 4.98 Å². The van der Waals surface area contributed by atoms with Crippen LogP contribution in [0.25, 0.3) is 0 Å². The monoisotopic (exact) mass is 230 g/mol. The van der Waals surface area contributed by atoms with Crippen molar-refractivity contribution in [3.8, 4) is 11.8 Å². The Hall–Kier alpha value is -1.86. The molecule has 1 N–H and O–H groups in total. The molecule has 0 spiro atoms. The maximum atomic E-state index is 8.66. The number of aliphatic hydroxyl groups is 1. The van der Waals surface area contributed by atoms with Gasteiger partial charge in [0, 0.05) is 0 Å². The second-order valence-corrected chi connectivity index (χ2v) is 3.74. The molecule has 1 aromatic rings. The van der Waals surface area contributed by atoms with Gasteiger partial charge in [0.05, 0.1) is 5.69 Å². The Balaban J connectivity index is 2.40. The van der Waals surface area contributed by atoms with Crippen LogP contribution in [0, 0.1) is 11.8 Å². The predicted molar refractivity (Wildman–Crippen MR) is 64.7 cm³/mol. The largest absolute Gasteiger partial charge is 0.399 e. The number of hydrogen-bond donors (Lipinski definition) is 1. The lowest BCUT2D eigenvalue weighted by molar-refractivity contribution is 0.212. The molecule has 0 atom stereocenters. The molecule has 0 unspecified atom stereocenters. The Labute approximate surface area is 100 Å². The summed E-state index contributed by atoms with van der Waals surface area (Å²) in [6, 6.07) is 3.89. The molecule has 2 rings (SSSR count). The first-order valence-corrected chi connectivity index (χ1v) is 5.55. The Morgan fingerprint density at radius 1 is 1.47 bits per heavy atom. The zero-order valence-electron chi connectivity index (χ0n) is 9.73. The van der Waals surface area contributed by atoms with Crippen molar-refractivity contribution < 1.29 is 9.94 Å². The highest BCUT2D eigenvalue weighted by Gasteiger charge is 2.17. The summed E-state index contributed by atoms with van der Waals surface area (Å²) < 4.78 is 0. The van der Waals surface area contributed by atoms with E-state index in [1.54, 1.807) is 0 Å². The third-order valence-corrected chi connectivity index (χ3v) is 2.61. The van der Waals surface area contributed by atoms with Crippen LogP contribution in [0.15, 0.2) is 17.3 Å². The smallest absolute Gasteiger partial charge is 0.114 e. The molecule has 0 radical (unpaired) electrons. The van der Waals surface area contributed by atoms with E-state index >= 15 is 0 Å². The molecule has 0 aliphatic heterocycles. The average molecular weight is 230 g/mol. The summed E-state index contributed by atoms with van der Waals surface area (Å²) in [6.07, 6.45) is 2.96. The number of aliphatic hydroxyl groups excluding tert-OH is 1. The third-order valence-electron chi connectivity index (χ3n) is 2.61. The van der Waals surface area contributed by atoms with Gasteiger partial charge in [-0.2, -0.15) is 0 Å². The molecule has 4 heteroatoms. The zero-order chi connectivity index (χ0) is 12.1. The van der Waals surface area contributed by atoms with E-state index in [0.717, 1.165) is 30.7 Å². The van der Waals surface area contributed by atoms with Gasteiger partial charge in [0.15, 0.2) is 0 Å². The molecular formula is C13H14N2O2. The summed E-state index contributed by atoms with van der Waals surface area (Å²) >= 11 is 0. The topological polar surface area (TPSA) is 54.7 Å². The normalized spacial score (nSPS) is 16.0. The fraction of sp³-hybridized carbons (Fsp3) is 0.385. The van der Waals surface area contributed by atoms with Gasteiger partial charge in [-0.3, -0.25) is 0 Å². The van der Waals surface area contributed by atoms with E-state index in [1.807, 2.05) is 12.1 Å². The van der Waals surface area contributed by atoms with Crippen molar-refractivity contribution in [1.29, 1.82) is 0 Å². The second-order valence-electron chi connectivity index (χ2n) is 3.74. The highest BCUT2D eigenvalue weighted by atomic mass is 16.6. The lowest BCUT2D eigenvalue weighted by Gasteiger charge is -2.16. The zero-order valence-corrected chi connectivity index (χ0v) is 9.73. The number of rotatable bonds is 1. The van der Waals surface area contributed by atoms with Gasteiger partial charge in [-0.25, -0.2) is 4.98 Å². The van der Waals surface area contributed by atoms with E-state index in [0.29, 0.717) is 5.69 Å². The molecule has 0 aromatic carbocycles. The summed E-state index contributed by atoms with van der Waals surface area (Å²) in [5.74, 6) is 5.39. The summed E-state index contributed by atoms with van der Waals surface area (Å²) in [5.41, 5.74) is 3.59. The van der Waals surface area contributed by atoms with Crippen molar-refractivity contribution in [2.24, 2.45) is 5.16 Å². The predicted octanol–water partition coefficient (Wildman–Crippen LogP) is 1.11. The number of pyridine rings is 1. The van der Waals surface area contributed by atoms with E-state index in [4.69, 9.17) is 9.94 Å². The van der Waals surface area contributed by atoms with Crippen LogP contribution < -0.4 is 0 Å². The highest BCUT2D eigenvalue weighted by Crippen LogP contribution is 2.20. The quantitative estimate of drug-likeness (QED) is 0.581. The van der Waals surface area contributed by atoms with Gasteiger partial charge in [-0.1, -0.05) is 17.1 Å². The van der Waals surface area contributed by atoms with E-state index in [2.05, 4.69) is 22.0 Å². The molecule has 0 saturated carbocycles. The SMILES string of the molecule is CON=C1CCCc2ccc(C#CCO)nc21. The first kappa shape index (κ1) is 11.6. The van der Waals surface area contributed by atoms with Gasteiger partial charge in [0.2, 0.25) is 0 Å². The van der Waals surface area contributed by atoms with Crippen molar-refractivity contribution in [3.05, 3.63) is 29.1 Å². The lowest BCUT2D eigenvalue weighted by atomic mass is 9.94. The first-order valence-electron chi connectivity index (χ1n) is 5.55. The van der Waals surface area contributed by atoms with Crippen LogP contribution in [0.5, 0.6) is 0 Å². The Bertz CT molecular complexity index is 498. The van der Waals surface area contributed by atoms with Crippen LogP contribution in [-0.4, -0.2) is 29.5 Å². The molecule has 0 amide bonds. The summed E-state index contributed by atoms with van der Waals surface area (Å²) in [6.45, 7) is -0.155. The van der Waals surface area contributed by atoms with Crippen molar-refractivity contribution in [2.75, 3.05) is 13.7 Å². The van der Waals surface area contributed by atoms with E-state index in [-0.39, 0.29) is 6.61 Å². The summed E-state index contributed by atoms with van der Waals surface area (Å²) in [7, 11) is 1.54. The molecule has 1 heterocycles. The molecule has 0 fully saturated rings. The molecule has 1 aliphatic rings. The van der Waals surface area contributed by atoms with Crippen LogP contribution in [0.3, 0.4) is 0 Å². The summed E-state index contributed by atoms with van der Waals surface area (Å²) in [5, 5.41) is 12.7. The maximum Gasteiger partial charge on any atom is 0.114 e. The number of nitrogens with zero attached hydrogens (tertiary/aromatic N) is 2. The van der Waals surface area contributed by atoms with Gasteiger partial charge in [0.25, 0.3) is 0 Å². The highest BCUT2D eigenvalue weighted by molar-refractivity contribution is 6.00. The molecular weight excluding hydrogens is 216 g/mol. The van der Waals surface area contributed by atoms with Crippen molar-refractivity contribution >= 4 is 5.71 Å². The van der Waals surface area contributed by atoms with E-state index < -0.39 is 0 Å². The number of aryl methyl sites for hydroxylation is 1. The Kier molecular flexibility index (Phi) is 3.73. The van der Waals surface area contributed by atoms with Crippen LogP contribution in [-0.2, 0) is 11.3 Å². The second kappa shape index (κ2) is 5.46. The van der Waals surface area contributed by atoms with Crippen LogP contribution in [0.2, 0.25) is 0 Å². The van der Waals surface area contributed by atoms with E-state index in [1.165, 1.54) is 12.7 Å². The number of aromatic nitrogens is 1. The molecule has 1 aliphatic carbocycles. The van der Waals surface area contributed by atoms with Gasteiger partial charge < -0.3 is 9.94 Å². The van der Waals surface area contributed by atoms with Gasteiger partial charge in [0.1, 0.15) is 25.1 Å². The number of oxime groups is 1. The number of hydrogen-bond acceptors (Lipinski definition) is 4. The Morgan fingerprint density at radius 3 is 3.12 bits per heavy atom. The maximum absolute atomic E-state index is 8.66. The van der Waals surface area contributed by atoms with Gasteiger partial charge >= 0.3 is 0 Å². The molecule has 17 heavy (non-hydrogen) atoms. The van der Waals surface area contributed by atoms with Crippen LogP contribution in [0.1, 0.15) is 29.8 Å². The average Bonchev–Trinajstić information content (AvgIpc) is 2.37. The molecule has 0 saturated heterocycles. The molecule has 88 valence electrons.